The number of carboxylic acid groups (broad SMARTS) is 1. The maximum atomic E-state index is 13.5. The summed E-state index contributed by atoms with van der Waals surface area (Å²) in [7, 11) is 0. The van der Waals surface area contributed by atoms with Crippen molar-refractivity contribution in [3.63, 3.8) is 0 Å². The Morgan fingerprint density at radius 2 is 1.76 bits per heavy atom. The molecule has 1 aliphatic carbocycles. The lowest BCUT2D eigenvalue weighted by molar-refractivity contribution is -0.141. The van der Waals surface area contributed by atoms with Crippen LogP contribution < -0.4 is 10.1 Å². The molecule has 12 nitrogen and oxygen atoms in total. The van der Waals surface area contributed by atoms with Gasteiger partial charge in [-0.2, -0.15) is 0 Å². The summed E-state index contributed by atoms with van der Waals surface area (Å²) in [5, 5.41) is 12.3. The third kappa shape index (κ3) is 7.09. The van der Waals surface area contributed by atoms with Gasteiger partial charge in [-0.05, 0) is 82.8 Å². The number of halogens is 1. The van der Waals surface area contributed by atoms with E-state index in [2.05, 4.69) is 15.2 Å². The van der Waals surface area contributed by atoms with Crippen LogP contribution in [0.15, 0.2) is 36.5 Å². The molecule has 3 amide bonds. The van der Waals surface area contributed by atoms with Crippen LogP contribution in [0.25, 0.3) is 11.0 Å². The van der Waals surface area contributed by atoms with Gasteiger partial charge in [0.15, 0.2) is 0 Å². The van der Waals surface area contributed by atoms with Crippen molar-refractivity contribution in [2.75, 3.05) is 51.2 Å². The van der Waals surface area contributed by atoms with E-state index in [1.165, 1.54) is 48.4 Å². The van der Waals surface area contributed by atoms with Gasteiger partial charge in [0.25, 0.3) is 5.91 Å². The van der Waals surface area contributed by atoms with Crippen LogP contribution in [-0.2, 0) is 4.79 Å². The van der Waals surface area contributed by atoms with Crippen LogP contribution in [0, 0.1) is 11.7 Å². The highest BCUT2D eigenvalue weighted by Gasteiger charge is 2.36. The zero-order valence-electron chi connectivity index (χ0n) is 26.2. The van der Waals surface area contributed by atoms with Crippen LogP contribution in [0.2, 0.25) is 0 Å². The molecule has 0 bridgehead atoms. The molecule has 6 rings (SSSR count). The van der Waals surface area contributed by atoms with Crippen molar-refractivity contribution in [1.29, 1.82) is 0 Å². The fourth-order valence-electron chi connectivity index (χ4n) is 7.03. The average molecular weight is 636 g/mol. The third-order valence-corrected chi connectivity index (χ3v) is 9.58. The molecular weight excluding hydrogens is 593 g/mol. The molecule has 1 saturated carbocycles. The van der Waals surface area contributed by atoms with Gasteiger partial charge in [0.05, 0.1) is 11.7 Å². The zero-order valence-corrected chi connectivity index (χ0v) is 26.2. The van der Waals surface area contributed by atoms with Gasteiger partial charge in [0.2, 0.25) is 17.7 Å². The molecule has 3 aliphatic rings. The van der Waals surface area contributed by atoms with E-state index in [4.69, 9.17) is 9.72 Å². The minimum Gasteiger partial charge on any atom is -0.476 e. The largest absolute Gasteiger partial charge is 0.476 e. The summed E-state index contributed by atoms with van der Waals surface area (Å²) < 4.78 is 21.6. The molecule has 0 spiro atoms. The Hall–Kier alpha value is -4.26. The Morgan fingerprint density at radius 3 is 2.46 bits per heavy atom. The molecule has 2 N–H and O–H groups in total. The summed E-state index contributed by atoms with van der Waals surface area (Å²) in [6, 6.07) is 7.01. The van der Waals surface area contributed by atoms with E-state index in [1.54, 1.807) is 6.20 Å². The number of benzene rings is 1. The topological polar surface area (TPSA) is 133 Å². The predicted molar refractivity (Wildman–Crippen MR) is 169 cm³/mol. The number of nitrogens with zero attached hydrogens (tertiary/aromatic N) is 6. The van der Waals surface area contributed by atoms with Crippen molar-refractivity contribution in [3.8, 4) is 5.88 Å². The summed E-state index contributed by atoms with van der Waals surface area (Å²) in [6.07, 6.45) is 7.10. The van der Waals surface area contributed by atoms with Crippen molar-refractivity contribution < 1.29 is 28.6 Å². The minimum absolute atomic E-state index is 0.0394. The van der Waals surface area contributed by atoms with Crippen molar-refractivity contribution >= 4 is 34.9 Å². The Labute approximate surface area is 267 Å². The van der Waals surface area contributed by atoms with Crippen LogP contribution in [-0.4, -0.2) is 104 Å². The van der Waals surface area contributed by atoms with Gasteiger partial charge in [0, 0.05) is 55.8 Å². The third-order valence-electron chi connectivity index (χ3n) is 9.58. The van der Waals surface area contributed by atoms with Gasteiger partial charge in [-0.3, -0.25) is 19.8 Å². The van der Waals surface area contributed by atoms with Crippen LogP contribution in [0.4, 0.5) is 15.1 Å². The number of aromatic nitrogens is 3. The summed E-state index contributed by atoms with van der Waals surface area (Å²) in [5.74, 6) is -0.0550. The fourth-order valence-corrected chi connectivity index (χ4v) is 7.03. The number of likely N-dealkylation sites (tertiary alicyclic amines) is 1. The number of pyridine rings is 1. The fraction of sp³-hybridized carbons (Fsp3) is 0.545. The second kappa shape index (κ2) is 14.0. The zero-order chi connectivity index (χ0) is 32.2. The molecule has 2 aromatic heterocycles. The lowest BCUT2D eigenvalue weighted by Gasteiger charge is -2.41. The van der Waals surface area contributed by atoms with Gasteiger partial charge in [0.1, 0.15) is 17.9 Å². The van der Waals surface area contributed by atoms with E-state index in [-0.39, 0.29) is 23.9 Å². The number of imidazole rings is 1. The standard InChI is InChI=1S/C33H42FN7O5/c1-22-21-39(33(44)45)15-16-40(22)31(43)24-7-11-26(12-8-24)41-28-19-29(46-18-17-38-13-3-2-4-14-38)35-20-27(28)36-32(41)37-30(42)23-5-9-25(34)10-6-23/h5-6,9-10,19-20,22,24,26H,2-4,7-8,11-18,21H2,1H3,(H,44,45)(H,36,37,42). The molecule has 2 saturated heterocycles. The first kappa shape index (κ1) is 31.7. The Kier molecular flexibility index (Phi) is 9.67. The Morgan fingerprint density at radius 1 is 1.02 bits per heavy atom. The van der Waals surface area contributed by atoms with Crippen molar-refractivity contribution in [1.82, 2.24) is 29.2 Å². The maximum Gasteiger partial charge on any atom is 0.407 e. The lowest BCUT2D eigenvalue weighted by atomic mass is 9.84. The van der Waals surface area contributed by atoms with E-state index in [0.29, 0.717) is 74.8 Å². The molecule has 46 heavy (non-hydrogen) atoms. The van der Waals surface area contributed by atoms with Gasteiger partial charge < -0.3 is 24.2 Å². The quantitative estimate of drug-likeness (QED) is 0.366. The highest BCUT2D eigenvalue weighted by molar-refractivity contribution is 6.04. The molecule has 3 fully saturated rings. The summed E-state index contributed by atoms with van der Waals surface area (Å²) in [6.45, 7) is 6.44. The van der Waals surface area contributed by atoms with Crippen molar-refractivity contribution in [3.05, 3.63) is 47.9 Å². The number of piperidine rings is 1. The van der Waals surface area contributed by atoms with Crippen molar-refractivity contribution in [2.45, 2.75) is 64.0 Å². The monoisotopic (exact) mass is 635 g/mol. The molecule has 1 aromatic carbocycles. The van der Waals surface area contributed by atoms with E-state index < -0.39 is 17.8 Å². The van der Waals surface area contributed by atoms with Gasteiger partial charge in [-0.15, -0.1) is 0 Å². The van der Waals surface area contributed by atoms with Crippen LogP contribution in [0.5, 0.6) is 5.88 Å². The summed E-state index contributed by atoms with van der Waals surface area (Å²) in [4.78, 5) is 52.9. The number of fused-ring (bicyclic) bond motifs is 1. The number of piperazine rings is 1. The van der Waals surface area contributed by atoms with Gasteiger partial charge in [-0.1, -0.05) is 6.42 Å². The molecule has 4 heterocycles. The first-order valence-electron chi connectivity index (χ1n) is 16.3. The number of hydrogen-bond acceptors (Lipinski definition) is 7. The highest BCUT2D eigenvalue weighted by Crippen LogP contribution is 2.38. The lowest BCUT2D eigenvalue weighted by Crippen LogP contribution is -2.56. The minimum atomic E-state index is -0.958. The summed E-state index contributed by atoms with van der Waals surface area (Å²) >= 11 is 0. The van der Waals surface area contributed by atoms with Crippen LogP contribution in [0.3, 0.4) is 0 Å². The number of anilines is 1. The van der Waals surface area contributed by atoms with Crippen LogP contribution >= 0.6 is 0 Å². The average Bonchev–Trinajstić information content (AvgIpc) is 3.42. The molecular formula is C33H42FN7O5. The number of amides is 3. The van der Waals surface area contributed by atoms with Crippen molar-refractivity contribution in [2.24, 2.45) is 5.92 Å². The number of hydrogen-bond donors (Lipinski definition) is 2. The number of nitrogens with one attached hydrogen (secondary N) is 1. The van der Waals surface area contributed by atoms with Gasteiger partial charge >= 0.3 is 6.09 Å². The van der Waals surface area contributed by atoms with Crippen LogP contribution in [0.1, 0.15) is 68.3 Å². The maximum absolute atomic E-state index is 13.5. The second-order valence-corrected chi connectivity index (χ2v) is 12.6. The van der Waals surface area contributed by atoms with E-state index in [0.717, 1.165) is 25.2 Å². The van der Waals surface area contributed by atoms with E-state index >= 15 is 0 Å². The summed E-state index contributed by atoms with van der Waals surface area (Å²) in [5.41, 5.74) is 1.71. The number of carbonyl (C=O) groups excluding carboxylic acids is 2. The molecule has 1 atom stereocenters. The first-order valence-corrected chi connectivity index (χ1v) is 16.3. The Balaban J connectivity index is 1.19. The Bertz CT molecular complexity index is 1550. The normalized spacial score (nSPS) is 22.5. The SMILES string of the molecule is CC1CN(C(=O)O)CCN1C(=O)C1CCC(n2c(NC(=O)c3ccc(F)cc3)nc3cnc(OCCN4CCCCC4)cc32)CC1. The predicted octanol–water partition coefficient (Wildman–Crippen LogP) is 4.63. The smallest absolute Gasteiger partial charge is 0.407 e. The number of rotatable bonds is 8. The molecule has 13 heteroatoms. The number of ether oxygens (including phenoxy) is 1. The van der Waals surface area contributed by atoms with Gasteiger partial charge in [-0.25, -0.2) is 19.2 Å². The molecule has 1 unspecified atom stereocenters. The van der Waals surface area contributed by atoms with E-state index in [1.807, 2.05) is 22.5 Å². The molecule has 2 aliphatic heterocycles. The molecule has 246 valence electrons. The van der Waals surface area contributed by atoms with E-state index in [9.17, 15) is 23.9 Å². The second-order valence-electron chi connectivity index (χ2n) is 12.6. The highest BCUT2D eigenvalue weighted by atomic mass is 19.1. The first-order chi connectivity index (χ1) is 22.3. The number of carbonyl (C=O) groups is 3. The molecule has 3 aromatic rings. The molecule has 0 radical (unpaired) electrons.